The molecule has 0 saturated heterocycles. The number of hydrogen-bond acceptors (Lipinski definition) is 4. The van der Waals surface area contributed by atoms with Gasteiger partial charge >= 0.3 is 6.18 Å². The Morgan fingerprint density at radius 2 is 2.00 bits per heavy atom. The minimum Gasteiger partial charge on any atom is -0.380 e. The van der Waals surface area contributed by atoms with Crippen molar-refractivity contribution in [3.63, 3.8) is 0 Å². The van der Waals surface area contributed by atoms with Gasteiger partial charge in [-0.3, -0.25) is 15.2 Å². The molecule has 0 aliphatic carbocycles. The lowest BCUT2D eigenvalue weighted by Gasteiger charge is -2.03. The lowest BCUT2D eigenvalue weighted by Crippen LogP contribution is -2.13. The second-order valence-corrected chi connectivity index (χ2v) is 4.09. The minimum absolute atomic E-state index is 0.271. The fraction of sp³-hybridized carbons (Fsp3) is 0.250. The first-order chi connectivity index (χ1) is 9.90. The molecule has 2 aromatic rings. The molecule has 2 rings (SSSR count). The van der Waals surface area contributed by atoms with Crippen LogP contribution in [0.2, 0.25) is 0 Å². The van der Waals surface area contributed by atoms with Crippen molar-refractivity contribution in [1.29, 1.82) is 0 Å². The highest BCUT2D eigenvalue weighted by Gasteiger charge is 2.35. The maximum absolute atomic E-state index is 12.3. The van der Waals surface area contributed by atoms with Gasteiger partial charge in [0.25, 0.3) is 5.91 Å². The molecule has 0 fully saturated rings. The Hall–Kier alpha value is -2.42. The van der Waals surface area contributed by atoms with E-state index in [2.05, 4.69) is 15.4 Å². The highest BCUT2D eigenvalue weighted by atomic mass is 19.4. The quantitative estimate of drug-likeness (QED) is 0.907. The summed E-state index contributed by atoms with van der Waals surface area (Å²) < 4.78 is 41.9. The summed E-state index contributed by atoms with van der Waals surface area (Å²) in [6.45, 7) is 0.401. The van der Waals surface area contributed by atoms with Gasteiger partial charge in [-0.1, -0.05) is 12.1 Å². The summed E-state index contributed by atoms with van der Waals surface area (Å²) in [6, 6.07) is 6.41. The summed E-state index contributed by atoms with van der Waals surface area (Å²) in [6.07, 6.45) is -4.64. The highest BCUT2D eigenvalue weighted by molar-refractivity contribution is 6.03. The van der Waals surface area contributed by atoms with Crippen LogP contribution in [0, 0.1) is 0 Å². The fourth-order valence-corrected chi connectivity index (χ4v) is 1.54. The van der Waals surface area contributed by atoms with E-state index in [9.17, 15) is 18.0 Å². The van der Waals surface area contributed by atoms with E-state index in [1.165, 1.54) is 12.1 Å². The number of carbonyl (C=O) groups is 1. The summed E-state index contributed by atoms with van der Waals surface area (Å²) in [5.74, 6) is -2.31. The summed E-state index contributed by atoms with van der Waals surface area (Å²) >= 11 is 0. The Labute approximate surface area is 117 Å². The number of nitrogens with one attached hydrogen (secondary N) is 2. The molecular formula is C12H11F3N4O2. The van der Waals surface area contributed by atoms with Crippen molar-refractivity contribution in [3.05, 3.63) is 41.2 Å². The van der Waals surface area contributed by atoms with Crippen LogP contribution in [0.3, 0.4) is 0 Å². The van der Waals surface area contributed by atoms with Crippen LogP contribution >= 0.6 is 0 Å². The third kappa shape index (κ3) is 3.78. The molecule has 0 aliphatic rings. The van der Waals surface area contributed by atoms with Crippen molar-refractivity contribution in [2.24, 2.45) is 0 Å². The van der Waals surface area contributed by atoms with Gasteiger partial charge in [0.1, 0.15) is 0 Å². The zero-order chi connectivity index (χ0) is 15.5. The summed E-state index contributed by atoms with van der Waals surface area (Å²) in [5, 5.41) is 7.18. The number of benzene rings is 1. The van der Waals surface area contributed by atoms with E-state index in [1.54, 1.807) is 24.3 Å². The molecule has 0 bridgehead atoms. The van der Waals surface area contributed by atoms with Crippen molar-refractivity contribution in [2.75, 3.05) is 12.4 Å². The molecule has 21 heavy (non-hydrogen) atoms. The number of carbonyl (C=O) groups excluding carboxylic acids is 1. The number of hydrogen-bond donors (Lipinski definition) is 2. The number of anilines is 1. The first kappa shape index (κ1) is 15.0. The van der Waals surface area contributed by atoms with Gasteiger partial charge in [-0.25, -0.2) is 0 Å². The molecule has 0 aliphatic heterocycles. The number of aromatic nitrogens is 3. The van der Waals surface area contributed by atoms with Gasteiger partial charge in [-0.05, 0) is 17.7 Å². The molecule has 0 atom stereocenters. The SMILES string of the molecule is COCc1ccc(C(=O)Nc2n[nH]c(C(F)(F)F)n2)cc1. The van der Waals surface area contributed by atoms with Gasteiger partial charge in [0.15, 0.2) is 0 Å². The van der Waals surface area contributed by atoms with Gasteiger partial charge < -0.3 is 4.74 Å². The van der Waals surface area contributed by atoms with Gasteiger partial charge in [0.2, 0.25) is 11.8 Å². The Bertz CT molecular complexity index is 622. The topological polar surface area (TPSA) is 79.9 Å². The number of rotatable bonds is 4. The number of ether oxygens (including phenoxy) is 1. The second kappa shape index (κ2) is 5.92. The van der Waals surface area contributed by atoms with Crippen LogP contribution < -0.4 is 5.32 Å². The zero-order valence-electron chi connectivity index (χ0n) is 10.9. The molecule has 1 aromatic carbocycles. The van der Waals surface area contributed by atoms with Crippen LogP contribution in [0.1, 0.15) is 21.7 Å². The standard InChI is InChI=1S/C12H11F3N4O2/c1-21-6-7-2-4-8(5-3-7)9(20)16-11-17-10(18-19-11)12(13,14)15/h2-5H,6H2,1H3,(H2,16,17,18,19,20). The van der Waals surface area contributed by atoms with E-state index >= 15 is 0 Å². The van der Waals surface area contributed by atoms with Crippen molar-refractivity contribution in [1.82, 2.24) is 15.2 Å². The molecular weight excluding hydrogens is 289 g/mol. The predicted octanol–water partition coefficient (Wildman–Crippen LogP) is 2.22. The van der Waals surface area contributed by atoms with E-state index in [0.29, 0.717) is 6.61 Å². The number of H-pyrrole nitrogens is 1. The molecule has 1 heterocycles. The van der Waals surface area contributed by atoms with Gasteiger partial charge in [-0.2, -0.15) is 18.2 Å². The predicted molar refractivity (Wildman–Crippen MR) is 66.5 cm³/mol. The summed E-state index contributed by atoms with van der Waals surface area (Å²) in [4.78, 5) is 15.0. The normalized spacial score (nSPS) is 11.4. The highest BCUT2D eigenvalue weighted by Crippen LogP contribution is 2.26. The number of halogens is 3. The molecule has 6 nitrogen and oxygen atoms in total. The number of aromatic amines is 1. The van der Waals surface area contributed by atoms with Crippen LogP contribution in [0.25, 0.3) is 0 Å². The molecule has 9 heteroatoms. The Morgan fingerprint density at radius 1 is 1.33 bits per heavy atom. The van der Waals surface area contributed by atoms with Gasteiger partial charge in [0, 0.05) is 12.7 Å². The number of methoxy groups -OCH3 is 1. The zero-order valence-corrected chi connectivity index (χ0v) is 10.9. The van der Waals surface area contributed by atoms with E-state index in [-0.39, 0.29) is 5.56 Å². The van der Waals surface area contributed by atoms with Crippen LogP contribution in [0.5, 0.6) is 0 Å². The van der Waals surface area contributed by atoms with Crippen molar-refractivity contribution in [3.8, 4) is 0 Å². The van der Waals surface area contributed by atoms with Crippen LogP contribution in [-0.2, 0) is 17.5 Å². The average Bonchev–Trinajstić information content (AvgIpc) is 2.88. The smallest absolute Gasteiger partial charge is 0.380 e. The Morgan fingerprint density at radius 3 is 2.52 bits per heavy atom. The molecule has 2 N–H and O–H groups in total. The largest absolute Gasteiger partial charge is 0.451 e. The third-order valence-electron chi connectivity index (χ3n) is 2.51. The molecule has 112 valence electrons. The number of alkyl halides is 3. The van der Waals surface area contributed by atoms with Crippen molar-refractivity contribution < 1.29 is 22.7 Å². The van der Waals surface area contributed by atoms with Gasteiger partial charge in [0.05, 0.1) is 6.61 Å². The first-order valence-corrected chi connectivity index (χ1v) is 5.79. The molecule has 1 amide bonds. The third-order valence-corrected chi connectivity index (χ3v) is 2.51. The van der Waals surface area contributed by atoms with Gasteiger partial charge in [-0.15, -0.1) is 5.10 Å². The molecule has 0 unspecified atom stereocenters. The number of amides is 1. The fourth-order valence-electron chi connectivity index (χ4n) is 1.54. The summed E-state index contributed by atoms with van der Waals surface area (Å²) in [5.41, 5.74) is 1.14. The van der Waals surface area contributed by atoms with E-state index in [0.717, 1.165) is 5.56 Å². The maximum atomic E-state index is 12.3. The lowest BCUT2D eigenvalue weighted by molar-refractivity contribution is -0.144. The van der Waals surface area contributed by atoms with Crippen LogP contribution in [-0.4, -0.2) is 28.2 Å². The average molecular weight is 300 g/mol. The first-order valence-electron chi connectivity index (χ1n) is 5.79. The molecule has 1 aromatic heterocycles. The second-order valence-electron chi connectivity index (χ2n) is 4.09. The van der Waals surface area contributed by atoms with Crippen molar-refractivity contribution >= 4 is 11.9 Å². The molecule has 0 radical (unpaired) electrons. The minimum atomic E-state index is -4.64. The number of nitrogens with zero attached hydrogens (tertiary/aromatic N) is 2. The Kier molecular flexibility index (Phi) is 4.22. The van der Waals surface area contributed by atoms with E-state index < -0.39 is 23.9 Å². The van der Waals surface area contributed by atoms with Crippen molar-refractivity contribution in [2.45, 2.75) is 12.8 Å². The summed E-state index contributed by atoms with van der Waals surface area (Å²) in [7, 11) is 1.54. The van der Waals surface area contributed by atoms with E-state index in [1.807, 2.05) is 0 Å². The Balaban J connectivity index is 2.05. The van der Waals surface area contributed by atoms with Crippen LogP contribution in [0.4, 0.5) is 19.1 Å². The van der Waals surface area contributed by atoms with Crippen LogP contribution in [0.15, 0.2) is 24.3 Å². The molecule has 0 saturated carbocycles. The van der Waals surface area contributed by atoms with E-state index in [4.69, 9.17) is 4.74 Å². The monoisotopic (exact) mass is 300 g/mol. The lowest BCUT2D eigenvalue weighted by atomic mass is 10.1. The maximum Gasteiger partial charge on any atom is 0.451 e. The molecule has 0 spiro atoms.